The van der Waals surface area contributed by atoms with Crippen LogP contribution in [0.25, 0.3) is 33.7 Å². The number of rotatable bonds is 6. The van der Waals surface area contributed by atoms with Crippen molar-refractivity contribution in [1.29, 1.82) is 5.26 Å². The summed E-state index contributed by atoms with van der Waals surface area (Å²) in [5, 5.41) is 30.1. The molecule has 5 rings (SSSR count). The average molecular weight is 503 g/mol. The van der Waals surface area contributed by atoms with Gasteiger partial charge in [0.25, 0.3) is 0 Å². The Morgan fingerprint density at radius 3 is 2.59 bits per heavy atom. The van der Waals surface area contributed by atoms with Gasteiger partial charge in [0.05, 0.1) is 41.4 Å². The summed E-state index contributed by atoms with van der Waals surface area (Å²) >= 11 is 0. The number of anilines is 1. The second-order valence-electron chi connectivity index (χ2n) is 8.26. The molecular weight excluding hydrogens is 483 g/mol. The van der Waals surface area contributed by atoms with Gasteiger partial charge in [0, 0.05) is 23.9 Å². The van der Waals surface area contributed by atoms with Gasteiger partial charge in [-0.3, -0.25) is 0 Å². The first-order chi connectivity index (χ1) is 17.8. The molecular formula is C26H20F3N7O. The van der Waals surface area contributed by atoms with E-state index in [4.69, 9.17) is 10.4 Å². The molecule has 37 heavy (non-hydrogen) atoms. The van der Waals surface area contributed by atoms with E-state index < -0.39 is 11.7 Å². The fraction of sp³-hybridized carbons (Fsp3) is 0.154. The molecule has 2 N–H and O–H groups in total. The van der Waals surface area contributed by atoms with Gasteiger partial charge in [0.2, 0.25) is 5.95 Å². The molecule has 0 aliphatic heterocycles. The number of nitriles is 1. The lowest BCUT2D eigenvalue weighted by molar-refractivity contribution is -0.137. The van der Waals surface area contributed by atoms with Gasteiger partial charge in [-0.2, -0.15) is 28.5 Å². The number of alkyl halides is 3. The predicted molar refractivity (Wildman–Crippen MR) is 131 cm³/mol. The normalized spacial score (nSPS) is 11.6. The number of fused-ring (bicyclic) bond motifs is 1. The monoisotopic (exact) mass is 503 g/mol. The molecule has 0 radical (unpaired) electrons. The number of aromatic nitrogens is 5. The first kappa shape index (κ1) is 24.0. The first-order valence-corrected chi connectivity index (χ1v) is 11.3. The molecule has 0 aliphatic rings. The van der Waals surface area contributed by atoms with Crippen LogP contribution in [-0.2, 0) is 6.18 Å². The van der Waals surface area contributed by atoms with Crippen LogP contribution in [0, 0.1) is 18.3 Å². The van der Waals surface area contributed by atoms with E-state index in [0.717, 1.165) is 12.1 Å². The number of nitrogens with one attached hydrogen (secondary N) is 1. The minimum absolute atomic E-state index is 0.135. The van der Waals surface area contributed by atoms with Crippen molar-refractivity contribution in [2.75, 3.05) is 18.5 Å². The third-order valence-corrected chi connectivity index (χ3v) is 5.92. The average Bonchev–Trinajstić information content (AvgIpc) is 3.53. The lowest BCUT2D eigenvalue weighted by Gasteiger charge is -2.16. The smallest absolute Gasteiger partial charge is 0.395 e. The molecule has 0 amide bonds. The van der Waals surface area contributed by atoms with Crippen molar-refractivity contribution >= 4 is 11.6 Å². The van der Waals surface area contributed by atoms with Crippen LogP contribution in [0.5, 0.6) is 0 Å². The van der Waals surface area contributed by atoms with Crippen LogP contribution in [0.15, 0.2) is 67.0 Å². The maximum Gasteiger partial charge on any atom is 0.416 e. The highest BCUT2D eigenvalue weighted by Crippen LogP contribution is 2.38. The Bertz CT molecular complexity index is 1630. The largest absolute Gasteiger partial charge is 0.416 e. The van der Waals surface area contributed by atoms with E-state index in [-0.39, 0.29) is 19.1 Å². The number of nitrogens with zero attached hydrogens (tertiary/aromatic N) is 6. The molecule has 2 aromatic carbocycles. The maximum absolute atomic E-state index is 13.5. The minimum Gasteiger partial charge on any atom is -0.395 e. The summed E-state index contributed by atoms with van der Waals surface area (Å²) in [6, 6.07) is 15.9. The topological polar surface area (TPSA) is 104 Å². The number of halogens is 3. The van der Waals surface area contributed by atoms with Crippen molar-refractivity contribution in [3.05, 3.63) is 83.7 Å². The molecule has 0 saturated carbocycles. The molecule has 0 aliphatic carbocycles. The van der Waals surface area contributed by atoms with Crippen LogP contribution in [0.2, 0.25) is 0 Å². The third-order valence-electron chi connectivity index (χ3n) is 5.92. The summed E-state index contributed by atoms with van der Waals surface area (Å²) in [5.41, 5.74) is 3.68. The summed E-state index contributed by atoms with van der Waals surface area (Å²) in [6.45, 7) is 1.90. The second-order valence-corrected chi connectivity index (χ2v) is 8.26. The van der Waals surface area contributed by atoms with Crippen LogP contribution < -0.4 is 5.32 Å². The van der Waals surface area contributed by atoms with Crippen LogP contribution in [0.3, 0.4) is 0 Å². The number of pyridine rings is 1. The number of aliphatic hydroxyl groups is 1. The van der Waals surface area contributed by atoms with Crippen LogP contribution in [0.1, 0.15) is 16.7 Å². The Kier molecular flexibility index (Phi) is 6.11. The van der Waals surface area contributed by atoms with E-state index in [1.165, 1.54) is 10.6 Å². The molecule has 5 aromatic rings. The molecule has 0 bridgehead atoms. The van der Waals surface area contributed by atoms with Crippen LogP contribution in [-0.4, -0.2) is 42.6 Å². The van der Waals surface area contributed by atoms with Gasteiger partial charge >= 0.3 is 6.18 Å². The molecule has 0 atom stereocenters. The summed E-state index contributed by atoms with van der Waals surface area (Å²) in [6.07, 6.45) is -1.14. The van der Waals surface area contributed by atoms with E-state index in [2.05, 4.69) is 26.6 Å². The summed E-state index contributed by atoms with van der Waals surface area (Å²) in [7, 11) is 0. The van der Waals surface area contributed by atoms with Crippen molar-refractivity contribution in [3.8, 4) is 34.1 Å². The van der Waals surface area contributed by atoms with Gasteiger partial charge in [-0.25, -0.2) is 9.20 Å². The molecule has 3 aromatic heterocycles. The highest BCUT2D eigenvalue weighted by Gasteiger charge is 2.31. The van der Waals surface area contributed by atoms with Gasteiger partial charge < -0.3 is 10.4 Å². The maximum atomic E-state index is 13.5. The van der Waals surface area contributed by atoms with E-state index >= 15 is 0 Å². The number of hydrogen-bond acceptors (Lipinski definition) is 6. The highest BCUT2D eigenvalue weighted by atomic mass is 19.4. The Morgan fingerprint density at radius 1 is 1.11 bits per heavy atom. The SMILES string of the molecule is Cc1c(-c2ccnn2-c2ccc(C#N)cc2)cn2nc(NCCO)nc2c1-c1cccc(C(F)(F)F)c1. The zero-order valence-electron chi connectivity index (χ0n) is 19.5. The summed E-state index contributed by atoms with van der Waals surface area (Å²) in [5.74, 6) is 0.236. The molecule has 0 unspecified atom stereocenters. The van der Waals surface area contributed by atoms with Gasteiger partial charge in [-0.05, 0) is 60.5 Å². The highest BCUT2D eigenvalue weighted by molar-refractivity contribution is 5.86. The van der Waals surface area contributed by atoms with E-state index in [9.17, 15) is 13.2 Å². The number of hydrogen-bond donors (Lipinski definition) is 2. The van der Waals surface area contributed by atoms with Gasteiger partial charge in [-0.15, -0.1) is 5.10 Å². The zero-order valence-corrected chi connectivity index (χ0v) is 19.5. The van der Waals surface area contributed by atoms with Crippen molar-refractivity contribution < 1.29 is 18.3 Å². The van der Waals surface area contributed by atoms with Crippen molar-refractivity contribution in [3.63, 3.8) is 0 Å². The molecule has 0 fully saturated rings. The molecule has 0 spiro atoms. The lowest BCUT2D eigenvalue weighted by Crippen LogP contribution is -2.06. The number of aliphatic hydroxyl groups excluding tert-OH is 1. The molecule has 3 heterocycles. The van der Waals surface area contributed by atoms with Crippen molar-refractivity contribution in [2.24, 2.45) is 0 Å². The molecule has 186 valence electrons. The Hall–Kier alpha value is -4.69. The predicted octanol–water partition coefficient (Wildman–Crippen LogP) is 4.85. The van der Waals surface area contributed by atoms with Crippen LogP contribution >= 0.6 is 0 Å². The molecule has 11 heteroatoms. The summed E-state index contributed by atoms with van der Waals surface area (Å²) in [4.78, 5) is 4.50. The Balaban J connectivity index is 1.74. The van der Waals surface area contributed by atoms with Crippen molar-refractivity contribution in [1.82, 2.24) is 24.4 Å². The van der Waals surface area contributed by atoms with Crippen LogP contribution in [0.4, 0.5) is 19.1 Å². The second kappa shape index (κ2) is 9.40. The van der Waals surface area contributed by atoms with E-state index in [0.29, 0.717) is 44.8 Å². The fourth-order valence-corrected chi connectivity index (χ4v) is 4.19. The lowest BCUT2D eigenvalue weighted by atomic mass is 9.95. The molecule has 8 nitrogen and oxygen atoms in total. The van der Waals surface area contributed by atoms with Gasteiger partial charge in [0.15, 0.2) is 5.65 Å². The van der Waals surface area contributed by atoms with Crippen molar-refractivity contribution in [2.45, 2.75) is 13.1 Å². The zero-order chi connectivity index (χ0) is 26.2. The van der Waals surface area contributed by atoms with Gasteiger partial charge in [0.1, 0.15) is 0 Å². The quantitative estimate of drug-likeness (QED) is 0.343. The van der Waals surface area contributed by atoms with E-state index in [1.54, 1.807) is 53.5 Å². The minimum atomic E-state index is -4.51. The Morgan fingerprint density at radius 2 is 1.89 bits per heavy atom. The van der Waals surface area contributed by atoms with Gasteiger partial charge in [-0.1, -0.05) is 12.1 Å². The van der Waals surface area contributed by atoms with E-state index in [1.807, 2.05) is 6.92 Å². The fourth-order valence-electron chi connectivity index (χ4n) is 4.19. The standard InChI is InChI=1S/C26H20F3N7O/c1-16-21(22-9-10-32-36(22)20-7-5-17(14-30)6-8-20)15-35-24(33-25(34-35)31-11-12-37)23(16)18-3-2-4-19(13-18)26(27,28)29/h2-10,13,15,37H,11-12H2,1H3,(H,31,34). The Labute approximate surface area is 209 Å². The summed E-state index contributed by atoms with van der Waals surface area (Å²) < 4.78 is 43.8. The first-order valence-electron chi connectivity index (χ1n) is 11.3. The third kappa shape index (κ3) is 4.50. The molecule has 0 saturated heterocycles. The number of benzene rings is 2.